The van der Waals surface area contributed by atoms with E-state index in [0.29, 0.717) is 52.4 Å². The monoisotopic (exact) mass is 427 g/mol. The standard InChI is InChI=1S/C22H25N3O6/c1-6-25(22(26)15-8-10-17(28-3)19(12-15)30-5)13-20-23-21(24-31-20)14-7-9-16(27-2)18(11-14)29-4/h7-12H,6,13H2,1-5H3. The summed E-state index contributed by atoms with van der Waals surface area (Å²) < 4.78 is 26.5. The van der Waals surface area contributed by atoms with E-state index in [9.17, 15) is 4.79 Å². The second kappa shape index (κ2) is 9.84. The first kappa shape index (κ1) is 21.9. The molecule has 0 atom stereocenters. The van der Waals surface area contributed by atoms with E-state index < -0.39 is 0 Å². The lowest BCUT2D eigenvalue weighted by Gasteiger charge is -2.19. The second-order valence-electron chi connectivity index (χ2n) is 6.47. The van der Waals surface area contributed by atoms with Gasteiger partial charge in [-0.25, -0.2) is 0 Å². The molecular formula is C22H25N3O6. The molecule has 1 amide bonds. The third-order valence-corrected chi connectivity index (χ3v) is 4.74. The summed E-state index contributed by atoms with van der Waals surface area (Å²) in [4.78, 5) is 19.0. The Morgan fingerprint density at radius 2 is 1.52 bits per heavy atom. The molecule has 0 saturated heterocycles. The van der Waals surface area contributed by atoms with Gasteiger partial charge in [-0.15, -0.1) is 0 Å². The van der Waals surface area contributed by atoms with Crippen LogP contribution >= 0.6 is 0 Å². The fourth-order valence-electron chi connectivity index (χ4n) is 3.05. The van der Waals surface area contributed by atoms with Crippen LogP contribution in [0.5, 0.6) is 23.0 Å². The number of amides is 1. The fourth-order valence-corrected chi connectivity index (χ4v) is 3.05. The van der Waals surface area contributed by atoms with Crippen LogP contribution in [0, 0.1) is 0 Å². The largest absolute Gasteiger partial charge is 0.493 e. The number of methoxy groups -OCH3 is 4. The number of hydrogen-bond acceptors (Lipinski definition) is 8. The molecule has 9 heteroatoms. The lowest BCUT2D eigenvalue weighted by Crippen LogP contribution is -2.30. The van der Waals surface area contributed by atoms with Gasteiger partial charge >= 0.3 is 0 Å². The van der Waals surface area contributed by atoms with Gasteiger partial charge in [-0.2, -0.15) is 4.98 Å². The third-order valence-electron chi connectivity index (χ3n) is 4.74. The predicted octanol–water partition coefficient (Wildman–Crippen LogP) is 3.43. The van der Waals surface area contributed by atoms with E-state index in [-0.39, 0.29) is 12.5 Å². The predicted molar refractivity (Wildman–Crippen MR) is 113 cm³/mol. The number of carbonyl (C=O) groups excluding carboxylic acids is 1. The minimum atomic E-state index is -0.186. The average Bonchev–Trinajstić information content (AvgIpc) is 3.29. The molecule has 3 rings (SSSR count). The van der Waals surface area contributed by atoms with Crippen LogP contribution in [0.1, 0.15) is 23.2 Å². The average molecular weight is 427 g/mol. The van der Waals surface area contributed by atoms with Crippen molar-refractivity contribution < 1.29 is 28.3 Å². The van der Waals surface area contributed by atoms with Crippen molar-refractivity contribution in [1.82, 2.24) is 15.0 Å². The SMILES string of the molecule is CCN(Cc1nc(-c2ccc(OC)c(OC)c2)no1)C(=O)c1ccc(OC)c(OC)c1. The van der Waals surface area contributed by atoms with E-state index in [2.05, 4.69) is 10.1 Å². The van der Waals surface area contributed by atoms with Gasteiger partial charge < -0.3 is 28.4 Å². The molecule has 0 radical (unpaired) electrons. The number of carbonyl (C=O) groups is 1. The molecule has 0 aliphatic carbocycles. The van der Waals surface area contributed by atoms with Gasteiger partial charge in [0.1, 0.15) is 6.54 Å². The normalized spacial score (nSPS) is 10.5. The van der Waals surface area contributed by atoms with Crippen LogP contribution in [0.4, 0.5) is 0 Å². The van der Waals surface area contributed by atoms with Gasteiger partial charge in [0.2, 0.25) is 11.7 Å². The molecule has 31 heavy (non-hydrogen) atoms. The summed E-state index contributed by atoms with van der Waals surface area (Å²) >= 11 is 0. The molecule has 3 aromatic rings. The topological polar surface area (TPSA) is 96.2 Å². The number of benzene rings is 2. The maximum Gasteiger partial charge on any atom is 0.254 e. The highest BCUT2D eigenvalue weighted by molar-refractivity contribution is 5.94. The van der Waals surface area contributed by atoms with Crippen molar-refractivity contribution in [3.63, 3.8) is 0 Å². The summed E-state index contributed by atoms with van der Waals surface area (Å²) in [5, 5.41) is 4.03. The molecule has 0 aliphatic rings. The maximum absolute atomic E-state index is 13.0. The van der Waals surface area contributed by atoms with Gasteiger partial charge in [0.25, 0.3) is 5.91 Å². The first-order valence-electron chi connectivity index (χ1n) is 9.60. The summed E-state index contributed by atoms with van der Waals surface area (Å²) in [6, 6.07) is 10.4. The van der Waals surface area contributed by atoms with Crippen molar-refractivity contribution >= 4 is 5.91 Å². The van der Waals surface area contributed by atoms with Gasteiger partial charge in [-0.3, -0.25) is 4.79 Å². The van der Waals surface area contributed by atoms with E-state index in [4.69, 9.17) is 23.5 Å². The van der Waals surface area contributed by atoms with Crippen molar-refractivity contribution in [1.29, 1.82) is 0 Å². The fraction of sp³-hybridized carbons (Fsp3) is 0.318. The van der Waals surface area contributed by atoms with Gasteiger partial charge in [-0.1, -0.05) is 5.16 Å². The maximum atomic E-state index is 13.0. The van der Waals surface area contributed by atoms with Gasteiger partial charge in [-0.05, 0) is 43.3 Å². The van der Waals surface area contributed by atoms with E-state index >= 15 is 0 Å². The minimum Gasteiger partial charge on any atom is -0.493 e. The van der Waals surface area contributed by atoms with Crippen LogP contribution in [-0.2, 0) is 6.54 Å². The summed E-state index contributed by atoms with van der Waals surface area (Å²) in [6.07, 6.45) is 0. The zero-order valence-electron chi connectivity index (χ0n) is 18.2. The highest BCUT2D eigenvalue weighted by atomic mass is 16.5. The number of nitrogens with zero attached hydrogens (tertiary/aromatic N) is 3. The first-order chi connectivity index (χ1) is 15.0. The number of ether oxygens (including phenoxy) is 4. The van der Waals surface area contributed by atoms with Crippen molar-refractivity contribution in [2.24, 2.45) is 0 Å². The highest BCUT2D eigenvalue weighted by Crippen LogP contribution is 2.31. The Hall–Kier alpha value is -3.75. The molecular weight excluding hydrogens is 402 g/mol. The molecule has 1 aromatic heterocycles. The lowest BCUT2D eigenvalue weighted by molar-refractivity contribution is 0.0734. The summed E-state index contributed by atoms with van der Waals surface area (Å²) in [6.45, 7) is 2.51. The van der Waals surface area contributed by atoms with Crippen LogP contribution < -0.4 is 18.9 Å². The van der Waals surface area contributed by atoms with Crippen LogP contribution in [0.25, 0.3) is 11.4 Å². The van der Waals surface area contributed by atoms with Crippen LogP contribution in [0.15, 0.2) is 40.9 Å². The lowest BCUT2D eigenvalue weighted by atomic mass is 10.1. The number of aromatic nitrogens is 2. The van der Waals surface area contributed by atoms with E-state index in [1.54, 1.807) is 56.6 Å². The minimum absolute atomic E-state index is 0.171. The first-order valence-corrected chi connectivity index (χ1v) is 9.60. The molecule has 0 aliphatic heterocycles. The molecule has 1 heterocycles. The molecule has 0 unspecified atom stereocenters. The Bertz CT molecular complexity index is 1050. The van der Waals surface area contributed by atoms with Crippen LogP contribution in [0.2, 0.25) is 0 Å². The zero-order valence-corrected chi connectivity index (χ0v) is 18.2. The van der Waals surface area contributed by atoms with Crippen LogP contribution in [0.3, 0.4) is 0 Å². The third kappa shape index (κ3) is 4.71. The van der Waals surface area contributed by atoms with Crippen LogP contribution in [-0.4, -0.2) is 55.9 Å². The zero-order chi connectivity index (χ0) is 22.4. The quantitative estimate of drug-likeness (QED) is 0.512. The van der Waals surface area contributed by atoms with Crippen molar-refractivity contribution in [2.45, 2.75) is 13.5 Å². The smallest absolute Gasteiger partial charge is 0.254 e. The Morgan fingerprint density at radius 1 is 0.903 bits per heavy atom. The molecule has 0 N–H and O–H groups in total. The Kier molecular flexibility index (Phi) is 6.96. The van der Waals surface area contributed by atoms with Crippen molar-refractivity contribution in [3.8, 4) is 34.4 Å². The van der Waals surface area contributed by atoms with E-state index in [1.165, 1.54) is 7.11 Å². The van der Waals surface area contributed by atoms with E-state index in [0.717, 1.165) is 0 Å². The van der Waals surface area contributed by atoms with Gasteiger partial charge in [0, 0.05) is 17.7 Å². The summed E-state index contributed by atoms with van der Waals surface area (Å²) in [5.41, 5.74) is 1.18. The van der Waals surface area contributed by atoms with Crippen molar-refractivity contribution in [2.75, 3.05) is 35.0 Å². The molecule has 2 aromatic carbocycles. The molecule has 0 spiro atoms. The molecule has 0 saturated carbocycles. The number of hydrogen-bond donors (Lipinski definition) is 0. The number of rotatable bonds is 9. The Balaban J connectivity index is 1.79. The molecule has 0 fully saturated rings. The molecule has 9 nitrogen and oxygen atoms in total. The molecule has 164 valence electrons. The summed E-state index contributed by atoms with van der Waals surface area (Å²) in [5.74, 6) is 2.73. The second-order valence-corrected chi connectivity index (χ2v) is 6.47. The van der Waals surface area contributed by atoms with Crippen molar-refractivity contribution in [3.05, 3.63) is 47.9 Å². The Morgan fingerprint density at radius 3 is 2.13 bits per heavy atom. The summed E-state index contributed by atoms with van der Waals surface area (Å²) in [7, 11) is 6.20. The highest BCUT2D eigenvalue weighted by Gasteiger charge is 2.20. The molecule has 0 bridgehead atoms. The van der Waals surface area contributed by atoms with Gasteiger partial charge in [0.05, 0.1) is 28.4 Å². The Labute approximate surface area is 180 Å². The van der Waals surface area contributed by atoms with E-state index in [1.807, 2.05) is 13.0 Å². The van der Waals surface area contributed by atoms with Gasteiger partial charge in [0.15, 0.2) is 23.0 Å².